The van der Waals surface area contributed by atoms with Crippen LogP contribution < -0.4 is 4.74 Å². The Morgan fingerprint density at radius 2 is 1.85 bits per heavy atom. The quantitative estimate of drug-likeness (QED) is 0.926. The number of aromatic hydroxyl groups is 1. The number of fused-ring (bicyclic) bond motifs is 1. The van der Waals surface area contributed by atoms with Crippen LogP contribution in [0.2, 0.25) is 0 Å². The SMILES string of the molecule is COc1cccc2c(O)c(CN3CCCCC3)ccc12. The van der Waals surface area contributed by atoms with E-state index in [9.17, 15) is 5.11 Å². The molecular weight excluding hydrogens is 250 g/mol. The number of rotatable bonds is 3. The van der Waals surface area contributed by atoms with E-state index in [4.69, 9.17) is 4.74 Å². The van der Waals surface area contributed by atoms with E-state index in [1.54, 1.807) is 7.11 Å². The van der Waals surface area contributed by atoms with Gasteiger partial charge in [0.1, 0.15) is 11.5 Å². The zero-order valence-electron chi connectivity index (χ0n) is 11.9. The van der Waals surface area contributed by atoms with E-state index < -0.39 is 0 Å². The van der Waals surface area contributed by atoms with E-state index >= 15 is 0 Å². The lowest BCUT2D eigenvalue weighted by Crippen LogP contribution is -2.29. The lowest BCUT2D eigenvalue weighted by atomic mass is 10.0. The maximum absolute atomic E-state index is 10.5. The van der Waals surface area contributed by atoms with Crippen LogP contribution in [0.25, 0.3) is 10.8 Å². The number of likely N-dealkylation sites (tertiary alicyclic amines) is 1. The van der Waals surface area contributed by atoms with Gasteiger partial charge in [-0.3, -0.25) is 4.90 Å². The molecule has 1 fully saturated rings. The van der Waals surface area contributed by atoms with Crippen LogP contribution >= 0.6 is 0 Å². The van der Waals surface area contributed by atoms with Crippen LogP contribution in [0.5, 0.6) is 11.5 Å². The number of piperidine rings is 1. The Labute approximate surface area is 119 Å². The van der Waals surface area contributed by atoms with Gasteiger partial charge in [-0.15, -0.1) is 0 Å². The van der Waals surface area contributed by atoms with Crippen LogP contribution in [0, 0.1) is 0 Å². The molecule has 0 atom stereocenters. The molecule has 0 amide bonds. The number of ether oxygens (including phenoxy) is 1. The number of phenols is 1. The number of nitrogens with zero attached hydrogens (tertiary/aromatic N) is 1. The molecule has 1 saturated heterocycles. The monoisotopic (exact) mass is 271 g/mol. The Kier molecular flexibility index (Phi) is 3.79. The summed E-state index contributed by atoms with van der Waals surface area (Å²) in [6.07, 6.45) is 3.86. The molecule has 0 spiro atoms. The highest BCUT2D eigenvalue weighted by Crippen LogP contribution is 2.34. The Balaban J connectivity index is 1.94. The van der Waals surface area contributed by atoms with Gasteiger partial charge in [0.15, 0.2) is 0 Å². The minimum atomic E-state index is 0.395. The standard InChI is InChI=1S/C17H21NO2/c1-20-16-7-5-6-15-14(16)9-8-13(17(15)19)12-18-10-3-2-4-11-18/h5-9,19H,2-4,10-12H2,1H3. The van der Waals surface area contributed by atoms with Crippen molar-refractivity contribution in [2.45, 2.75) is 25.8 Å². The maximum Gasteiger partial charge on any atom is 0.128 e. The van der Waals surface area contributed by atoms with Gasteiger partial charge < -0.3 is 9.84 Å². The second-order valence-electron chi connectivity index (χ2n) is 5.47. The Morgan fingerprint density at radius 3 is 2.60 bits per heavy atom. The summed E-state index contributed by atoms with van der Waals surface area (Å²) in [5.74, 6) is 1.20. The van der Waals surface area contributed by atoms with Crippen molar-refractivity contribution in [3.8, 4) is 11.5 Å². The molecule has 2 aromatic rings. The van der Waals surface area contributed by atoms with Crippen LogP contribution in [-0.2, 0) is 6.54 Å². The van der Waals surface area contributed by atoms with Gasteiger partial charge in [0.05, 0.1) is 7.11 Å². The maximum atomic E-state index is 10.5. The Hall–Kier alpha value is -1.74. The third kappa shape index (κ3) is 2.46. The van der Waals surface area contributed by atoms with Crippen molar-refractivity contribution in [3.63, 3.8) is 0 Å². The van der Waals surface area contributed by atoms with Gasteiger partial charge in [0.25, 0.3) is 0 Å². The van der Waals surface area contributed by atoms with Gasteiger partial charge in [0.2, 0.25) is 0 Å². The van der Waals surface area contributed by atoms with Gasteiger partial charge in [-0.2, -0.15) is 0 Å². The fraction of sp³-hybridized carbons (Fsp3) is 0.412. The first-order valence-electron chi connectivity index (χ1n) is 7.29. The first-order valence-corrected chi connectivity index (χ1v) is 7.29. The van der Waals surface area contributed by atoms with Gasteiger partial charge in [-0.1, -0.05) is 30.7 Å². The molecule has 0 bridgehead atoms. The summed E-state index contributed by atoms with van der Waals surface area (Å²) in [4.78, 5) is 2.42. The van der Waals surface area contributed by atoms with E-state index in [0.717, 1.165) is 41.7 Å². The predicted molar refractivity (Wildman–Crippen MR) is 81.3 cm³/mol. The summed E-state index contributed by atoms with van der Waals surface area (Å²) in [6.45, 7) is 3.10. The summed E-state index contributed by atoms with van der Waals surface area (Å²) >= 11 is 0. The van der Waals surface area contributed by atoms with Crippen molar-refractivity contribution < 1.29 is 9.84 Å². The van der Waals surface area contributed by atoms with Crippen molar-refractivity contribution >= 4 is 10.8 Å². The Morgan fingerprint density at radius 1 is 1.05 bits per heavy atom. The molecule has 3 nitrogen and oxygen atoms in total. The average Bonchev–Trinajstić information content (AvgIpc) is 2.51. The summed E-state index contributed by atoms with van der Waals surface area (Å²) < 4.78 is 5.35. The molecule has 3 rings (SSSR count). The lowest BCUT2D eigenvalue weighted by molar-refractivity contribution is 0.219. The molecule has 0 saturated carbocycles. The van der Waals surface area contributed by atoms with Crippen LogP contribution in [0.4, 0.5) is 0 Å². The van der Waals surface area contributed by atoms with E-state index in [2.05, 4.69) is 4.90 Å². The molecular formula is C17H21NO2. The highest BCUT2D eigenvalue weighted by molar-refractivity contribution is 5.93. The number of hydrogen-bond donors (Lipinski definition) is 1. The molecule has 2 aromatic carbocycles. The second-order valence-corrected chi connectivity index (χ2v) is 5.47. The molecule has 106 valence electrons. The molecule has 0 radical (unpaired) electrons. The van der Waals surface area contributed by atoms with Crippen LogP contribution in [0.3, 0.4) is 0 Å². The smallest absolute Gasteiger partial charge is 0.128 e. The fourth-order valence-electron chi connectivity index (χ4n) is 3.02. The van der Waals surface area contributed by atoms with Gasteiger partial charge in [-0.25, -0.2) is 0 Å². The van der Waals surface area contributed by atoms with E-state index in [-0.39, 0.29) is 0 Å². The van der Waals surface area contributed by atoms with Gasteiger partial charge in [0, 0.05) is 22.9 Å². The number of hydrogen-bond acceptors (Lipinski definition) is 3. The largest absolute Gasteiger partial charge is 0.507 e. The molecule has 20 heavy (non-hydrogen) atoms. The average molecular weight is 271 g/mol. The highest BCUT2D eigenvalue weighted by Gasteiger charge is 2.14. The molecule has 0 unspecified atom stereocenters. The third-order valence-electron chi connectivity index (χ3n) is 4.14. The zero-order chi connectivity index (χ0) is 13.9. The summed E-state index contributed by atoms with van der Waals surface area (Å²) in [7, 11) is 1.66. The van der Waals surface area contributed by atoms with E-state index in [1.807, 2.05) is 30.3 Å². The molecule has 3 heteroatoms. The summed E-state index contributed by atoms with van der Waals surface area (Å²) in [6, 6.07) is 9.87. The van der Waals surface area contributed by atoms with E-state index in [1.165, 1.54) is 19.3 Å². The van der Waals surface area contributed by atoms with Crippen LogP contribution in [0.1, 0.15) is 24.8 Å². The number of methoxy groups -OCH3 is 1. The van der Waals surface area contributed by atoms with Crippen molar-refractivity contribution in [1.82, 2.24) is 4.90 Å². The highest BCUT2D eigenvalue weighted by atomic mass is 16.5. The third-order valence-corrected chi connectivity index (χ3v) is 4.14. The first-order chi connectivity index (χ1) is 9.79. The topological polar surface area (TPSA) is 32.7 Å². The van der Waals surface area contributed by atoms with E-state index in [0.29, 0.717) is 5.75 Å². The van der Waals surface area contributed by atoms with Crippen molar-refractivity contribution in [1.29, 1.82) is 0 Å². The van der Waals surface area contributed by atoms with Crippen LogP contribution in [0.15, 0.2) is 30.3 Å². The van der Waals surface area contributed by atoms with Crippen molar-refractivity contribution in [3.05, 3.63) is 35.9 Å². The Bertz CT molecular complexity index is 603. The van der Waals surface area contributed by atoms with Crippen molar-refractivity contribution in [2.75, 3.05) is 20.2 Å². The van der Waals surface area contributed by atoms with Gasteiger partial charge in [-0.05, 0) is 32.0 Å². The molecule has 0 aromatic heterocycles. The minimum absolute atomic E-state index is 0.395. The lowest BCUT2D eigenvalue weighted by Gasteiger charge is -2.26. The number of phenolic OH excluding ortho intramolecular Hbond substituents is 1. The summed E-state index contributed by atoms with van der Waals surface area (Å²) in [5.41, 5.74) is 1.01. The minimum Gasteiger partial charge on any atom is -0.507 e. The zero-order valence-corrected chi connectivity index (χ0v) is 11.9. The number of benzene rings is 2. The molecule has 1 heterocycles. The molecule has 1 aliphatic rings. The normalized spacial score (nSPS) is 16.4. The fourth-order valence-corrected chi connectivity index (χ4v) is 3.02. The predicted octanol–water partition coefficient (Wildman–Crippen LogP) is 3.54. The molecule has 1 N–H and O–H groups in total. The van der Waals surface area contributed by atoms with Crippen molar-refractivity contribution in [2.24, 2.45) is 0 Å². The second kappa shape index (κ2) is 5.71. The first kappa shape index (κ1) is 13.3. The molecule has 0 aliphatic carbocycles. The summed E-state index contributed by atoms with van der Waals surface area (Å²) in [5, 5.41) is 12.4. The van der Waals surface area contributed by atoms with Crippen LogP contribution in [-0.4, -0.2) is 30.2 Å². The molecule has 1 aliphatic heterocycles. The van der Waals surface area contributed by atoms with Gasteiger partial charge >= 0.3 is 0 Å².